The normalized spacial score (nSPS) is 20.7. The Kier molecular flexibility index (Phi) is 7.50. The Balaban J connectivity index is 0.945. The first-order chi connectivity index (χ1) is 28.5. The van der Waals surface area contributed by atoms with E-state index in [2.05, 4.69) is 18.2 Å². The van der Waals surface area contributed by atoms with Crippen LogP contribution in [0.5, 0.6) is 0 Å². The van der Waals surface area contributed by atoms with Crippen LogP contribution in [0, 0.1) is 23.3 Å². The molecule has 0 bridgehead atoms. The van der Waals surface area contributed by atoms with E-state index in [1.165, 1.54) is 54.1 Å². The molecule has 0 radical (unpaired) electrons. The molecule has 0 amide bonds. The molecule has 0 saturated heterocycles. The molecular formula is C50H34F4O3S2. The van der Waals surface area contributed by atoms with Gasteiger partial charge in [0.05, 0.1) is 15.0 Å². The van der Waals surface area contributed by atoms with Gasteiger partial charge in [0.25, 0.3) is 0 Å². The Morgan fingerprint density at radius 3 is 1.39 bits per heavy atom. The number of fused-ring (bicyclic) bond motifs is 11. The summed E-state index contributed by atoms with van der Waals surface area (Å²) in [6.07, 6.45) is 19.2. The van der Waals surface area contributed by atoms with Gasteiger partial charge in [0.2, 0.25) is 0 Å². The predicted octanol–water partition coefficient (Wildman–Crippen LogP) is 13.4. The highest BCUT2D eigenvalue weighted by Crippen LogP contribution is 2.63. The first-order valence-corrected chi connectivity index (χ1v) is 22.1. The summed E-state index contributed by atoms with van der Waals surface area (Å²) >= 11 is 3.64. The fourth-order valence-corrected chi connectivity index (χ4v) is 14.7. The van der Waals surface area contributed by atoms with Crippen LogP contribution >= 0.6 is 22.7 Å². The molecule has 2 fully saturated rings. The standard InChI is InChI=1S/C50H34F4O3S2/c51-36-17-24-11-28-12-29(44(55)32(28)14-25(24)18-37(36)52)13-30-22-40-42(49(30)7-3-1-4-8-49)47-48(58-40)43-41(59-47)23-31(50(43)9-5-2-6-10-50)21-35-45(56)33-15-26-19-38(53)39(54)20-27(26)16-34(33)46(35)57/h11,13-23H,1-10,12H2/b29-13+. The zero-order valence-corrected chi connectivity index (χ0v) is 33.4. The van der Waals surface area contributed by atoms with Crippen molar-refractivity contribution in [3.05, 3.63) is 149 Å². The number of halogens is 4. The lowest BCUT2D eigenvalue weighted by Crippen LogP contribution is -2.29. The SMILES string of the molecule is O=C1/C(=C/C2=Cc3sc4c5c(sc4c3C23CCCCC3)C=C(C=C2C(=O)c3cc4cc(F)c(F)cc4cc3C2=O)C52CCCCC2)Cc2cc3cc(F)c(F)cc3cc21. The van der Waals surface area contributed by atoms with Gasteiger partial charge in [-0.2, -0.15) is 0 Å². The number of Topliss-reactive ketones (excluding diaryl/α,β-unsaturated/α-hetero) is 3. The van der Waals surface area contributed by atoms with Crippen molar-refractivity contribution < 1.29 is 31.9 Å². The highest BCUT2D eigenvalue weighted by atomic mass is 32.1. The Morgan fingerprint density at radius 2 is 0.915 bits per heavy atom. The number of carbonyl (C=O) groups is 3. The number of hydrogen-bond donors (Lipinski definition) is 0. The Bertz CT molecular complexity index is 3080. The largest absolute Gasteiger partial charge is 0.289 e. The van der Waals surface area contributed by atoms with E-state index in [0.717, 1.165) is 93.5 Å². The Hall–Kier alpha value is -5.25. The minimum absolute atomic E-state index is 0.0570. The van der Waals surface area contributed by atoms with Gasteiger partial charge in [-0.25, -0.2) is 17.6 Å². The lowest BCUT2D eigenvalue weighted by molar-refractivity contribution is 0.0986. The molecule has 6 aromatic rings. The Labute approximate surface area is 344 Å². The smallest absolute Gasteiger partial charge is 0.197 e. The number of carbonyl (C=O) groups excluding carboxylic acids is 3. The molecule has 2 heterocycles. The van der Waals surface area contributed by atoms with E-state index in [-0.39, 0.29) is 44.9 Å². The van der Waals surface area contributed by atoms with Crippen molar-refractivity contribution in [2.24, 2.45) is 0 Å². The number of benzene rings is 4. The van der Waals surface area contributed by atoms with Crippen molar-refractivity contribution in [1.29, 1.82) is 0 Å². The average Bonchev–Trinajstić information content (AvgIpc) is 4.02. The first-order valence-electron chi connectivity index (χ1n) is 20.5. The van der Waals surface area contributed by atoms with Crippen molar-refractivity contribution in [3.63, 3.8) is 0 Å². The summed E-state index contributed by atoms with van der Waals surface area (Å²) in [6.45, 7) is 0. The third-order valence-corrected chi connectivity index (χ3v) is 16.7. The zero-order chi connectivity index (χ0) is 40.1. The number of allylic oxidation sites excluding steroid dienone is 6. The zero-order valence-electron chi connectivity index (χ0n) is 31.8. The van der Waals surface area contributed by atoms with Crippen LogP contribution in [0.25, 0.3) is 43.1 Å². The summed E-state index contributed by atoms with van der Waals surface area (Å²) in [5.74, 6) is -4.66. The topological polar surface area (TPSA) is 51.2 Å². The Morgan fingerprint density at radius 1 is 0.492 bits per heavy atom. The first kappa shape index (κ1) is 35.7. The number of hydrogen-bond acceptors (Lipinski definition) is 5. The van der Waals surface area contributed by atoms with Crippen LogP contribution in [-0.2, 0) is 17.3 Å². The highest BCUT2D eigenvalue weighted by Gasteiger charge is 2.50. The van der Waals surface area contributed by atoms with E-state index in [4.69, 9.17) is 0 Å². The van der Waals surface area contributed by atoms with Gasteiger partial charge in [-0.3, -0.25) is 14.4 Å². The maximum Gasteiger partial charge on any atom is 0.197 e. The van der Waals surface area contributed by atoms with Crippen LogP contribution in [0.4, 0.5) is 17.6 Å². The maximum atomic E-state index is 14.1. The molecule has 59 heavy (non-hydrogen) atoms. The van der Waals surface area contributed by atoms with Gasteiger partial charge >= 0.3 is 0 Å². The molecule has 4 aromatic carbocycles. The van der Waals surface area contributed by atoms with Gasteiger partial charge < -0.3 is 0 Å². The maximum absolute atomic E-state index is 14.1. The molecule has 2 aromatic heterocycles. The van der Waals surface area contributed by atoms with Crippen LogP contribution in [0.15, 0.2) is 83.0 Å². The molecule has 292 valence electrons. The number of ketones is 3. The highest BCUT2D eigenvalue weighted by molar-refractivity contribution is 7.29. The summed E-state index contributed by atoms with van der Waals surface area (Å²) in [4.78, 5) is 44.2. The number of rotatable bonds is 2. The van der Waals surface area contributed by atoms with Crippen LogP contribution < -0.4 is 0 Å². The molecular weight excluding hydrogens is 789 g/mol. The lowest BCUT2D eigenvalue weighted by atomic mass is 9.66. The van der Waals surface area contributed by atoms with Crippen LogP contribution in [-0.4, -0.2) is 17.3 Å². The minimum atomic E-state index is -1.00. The second kappa shape index (κ2) is 12.4. The average molecular weight is 823 g/mol. The van der Waals surface area contributed by atoms with Crippen LogP contribution in [0.1, 0.15) is 122 Å². The fourth-order valence-electron chi connectivity index (χ4n) is 11.5. The molecule has 6 aliphatic carbocycles. The summed E-state index contributed by atoms with van der Waals surface area (Å²) < 4.78 is 59.1. The van der Waals surface area contributed by atoms with E-state index in [1.54, 1.807) is 6.07 Å². The second-order valence-electron chi connectivity index (χ2n) is 17.4. The van der Waals surface area contributed by atoms with Gasteiger partial charge in [0.1, 0.15) is 0 Å². The van der Waals surface area contributed by atoms with Gasteiger partial charge in [-0.1, -0.05) is 44.6 Å². The van der Waals surface area contributed by atoms with Gasteiger partial charge in [0.15, 0.2) is 40.6 Å². The third kappa shape index (κ3) is 4.89. The molecule has 0 N–H and O–H groups in total. The van der Waals surface area contributed by atoms with Crippen LogP contribution in [0.2, 0.25) is 0 Å². The van der Waals surface area contributed by atoms with Crippen molar-refractivity contribution in [2.75, 3.05) is 0 Å². The number of thiophene rings is 2. The van der Waals surface area contributed by atoms with E-state index < -0.39 is 23.3 Å². The lowest BCUT2D eigenvalue weighted by Gasteiger charge is -2.37. The molecule has 2 saturated carbocycles. The van der Waals surface area contributed by atoms with E-state index in [9.17, 15) is 31.9 Å². The molecule has 6 aliphatic rings. The molecule has 2 spiro atoms. The quantitative estimate of drug-likeness (QED) is 0.0993. The van der Waals surface area contributed by atoms with Crippen molar-refractivity contribution >= 4 is 83.1 Å². The minimum Gasteiger partial charge on any atom is -0.289 e. The fraction of sp³-hybridized carbons (Fsp3) is 0.260. The van der Waals surface area contributed by atoms with Gasteiger partial charge in [-0.15, -0.1) is 22.7 Å². The van der Waals surface area contributed by atoms with E-state index >= 15 is 0 Å². The molecule has 3 nitrogen and oxygen atoms in total. The van der Waals surface area contributed by atoms with E-state index in [0.29, 0.717) is 39.1 Å². The van der Waals surface area contributed by atoms with Gasteiger partial charge in [0, 0.05) is 49.3 Å². The summed E-state index contributed by atoms with van der Waals surface area (Å²) in [7, 11) is 0. The van der Waals surface area contributed by atoms with Crippen molar-refractivity contribution in [1.82, 2.24) is 0 Å². The molecule has 0 unspecified atom stereocenters. The van der Waals surface area contributed by atoms with Crippen molar-refractivity contribution in [3.8, 4) is 0 Å². The molecule has 0 atom stereocenters. The third-order valence-electron chi connectivity index (χ3n) is 14.3. The molecule has 9 heteroatoms. The summed E-state index contributed by atoms with van der Waals surface area (Å²) in [6, 6.07) is 11.0. The summed E-state index contributed by atoms with van der Waals surface area (Å²) in [5.41, 5.74) is 6.94. The van der Waals surface area contributed by atoms with Gasteiger partial charge in [-0.05, 0) is 142 Å². The molecule has 0 aliphatic heterocycles. The second-order valence-corrected chi connectivity index (χ2v) is 19.5. The van der Waals surface area contributed by atoms with Crippen LogP contribution in [0.3, 0.4) is 0 Å². The molecule has 12 rings (SSSR count). The summed E-state index contributed by atoms with van der Waals surface area (Å²) in [5, 5.41) is 1.84. The predicted molar refractivity (Wildman–Crippen MR) is 226 cm³/mol. The monoisotopic (exact) mass is 822 g/mol. The van der Waals surface area contributed by atoms with E-state index in [1.807, 2.05) is 34.8 Å². The van der Waals surface area contributed by atoms with Crippen molar-refractivity contribution in [2.45, 2.75) is 81.5 Å².